The van der Waals surface area contributed by atoms with Gasteiger partial charge in [-0.15, -0.1) is 0 Å². The van der Waals surface area contributed by atoms with Gasteiger partial charge in [-0.3, -0.25) is 4.79 Å². The quantitative estimate of drug-likeness (QED) is 0.757. The topological polar surface area (TPSA) is 45.8 Å². The summed E-state index contributed by atoms with van der Waals surface area (Å²) in [5.74, 6) is 0. The zero-order valence-corrected chi connectivity index (χ0v) is 10.9. The number of hydrogen-bond donors (Lipinski definition) is 0. The lowest BCUT2D eigenvalue weighted by Gasteiger charge is -2.09. The third kappa shape index (κ3) is 1.71. The van der Waals surface area contributed by atoms with Crippen molar-refractivity contribution in [1.82, 2.24) is 4.57 Å². The zero-order chi connectivity index (χ0) is 11.7. The van der Waals surface area contributed by atoms with Crippen LogP contribution in [0.5, 0.6) is 0 Å². The number of nitriles is 1. The first-order valence-corrected chi connectivity index (χ1v) is 5.98. The Morgan fingerprint density at radius 2 is 2.25 bits per heavy atom. The lowest BCUT2D eigenvalue weighted by Crippen LogP contribution is -2.12. The highest BCUT2D eigenvalue weighted by molar-refractivity contribution is 14.1. The summed E-state index contributed by atoms with van der Waals surface area (Å²) >= 11 is 2.21. The summed E-state index contributed by atoms with van der Waals surface area (Å²) < 4.78 is 3.01. The zero-order valence-electron chi connectivity index (χ0n) is 8.70. The maximum absolute atomic E-state index is 11.9. The molecular formula is C12H9IN2O. The molecule has 0 fully saturated rings. The molecule has 0 spiro atoms. The Morgan fingerprint density at radius 1 is 1.50 bits per heavy atom. The van der Waals surface area contributed by atoms with E-state index in [2.05, 4.69) is 22.6 Å². The van der Waals surface area contributed by atoms with Crippen LogP contribution in [0.15, 0.2) is 29.2 Å². The summed E-state index contributed by atoms with van der Waals surface area (Å²) in [6.07, 6.45) is 1.63. The van der Waals surface area contributed by atoms with Gasteiger partial charge in [0.2, 0.25) is 5.43 Å². The first kappa shape index (κ1) is 11.1. The van der Waals surface area contributed by atoms with Gasteiger partial charge in [0.25, 0.3) is 0 Å². The minimum atomic E-state index is -0.182. The van der Waals surface area contributed by atoms with Crippen LogP contribution in [-0.4, -0.2) is 4.57 Å². The molecule has 2 aromatic rings. The van der Waals surface area contributed by atoms with Crippen LogP contribution in [0.25, 0.3) is 10.9 Å². The number of benzene rings is 1. The summed E-state index contributed by atoms with van der Waals surface area (Å²) in [7, 11) is 0. The summed E-state index contributed by atoms with van der Waals surface area (Å²) in [4.78, 5) is 11.9. The van der Waals surface area contributed by atoms with Gasteiger partial charge in [0.05, 0.1) is 5.52 Å². The van der Waals surface area contributed by atoms with Gasteiger partial charge in [-0.05, 0) is 47.7 Å². The molecule has 2 rings (SSSR count). The average Bonchev–Trinajstić information content (AvgIpc) is 2.29. The largest absolute Gasteiger partial charge is 0.346 e. The van der Waals surface area contributed by atoms with Crippen molar-refractivity contribution in [1.29, 1.82) is 5.26 Å². The summed E-state index contributed by atoms with van der Waals surface area (Å²) in [5, 5.41) is 9.50. The first-order valence-electron chi connectivity index (χ1n) is 4.90. The minimum absolute atomic E-state index is 0.182. The highest BCUT2D eigenvalue weighted by Crippen LogP contribution is 2.15. The molecule has 0 aliphatic carbocycles. The first-order chi connectivity index (χ1) is 7.67. The number of halogens is 1. The van der Waals surface area contributed by atoms with Crippen LogP contribution < -0.4 is 5.43 Å². The molecule has 0 amide bonds. The molecule has 16 heavy (non-hydrogen) atoms. The van der Waals surface area contributed by atoms with Gasteiger partial charge in [-0.1, -0.05) is 0 Å². The average molecular weight is 324 g/mol. The van der Waals surface area contributed by atoms with E-state index in [1.165, 1.54) is 0 Å². The van der Waals surface area contributed by atoms with E-state index in [0.29, 0.717) is 5.39 Å². The van der Waals surface area contributed by atoms with Crippen LogP contribution in [0.1, 0.15) is 12.5 Å². The number of hydrogen-bond acceptors (Lipinski definition) is 2. The molecule has 0 aliphatic heterocycles. The van der Waals surface area contributed by atoms with E-state index in [4.69, 9.17) is 5.26 Å². The fourth-order valence-electron chi connectivity index (χ4n) is 1.70. The van der Waals surface area contributed by atoms with Crippen LogP contribution in [0.3, 0.4) is 0 Å². The van der Waals surface area contributed by atoms with Crippen molar-refractivity contribution < 1.29 is 0 Å². The van der Waals surface area contributed by atoms with Crippen LogP contribution in [0.2, 0.25) is 0 Å². The van der Waals surface area contributed by atoms with E-state index in [1.807, 2.05) is 29.7 Å². The van der Waals surface area contributed by atoms with Gasteiger partial charge in [0.1, 0.15) is 11.6 Å². The summed E-state index contributed by atoms with van der Waals surface area (Å²) in [6, 6.07) is 7.57. The highest BCUT2D eigenvalue weighted by Gasteiger charge is 2.07. The molecule has 0 atom stereocenters. The number of aryl methyl sites for hydroxylation is 1. The van der Waals surface area contributed by atoms with E-state index < -0.39 is 0 Å². The number of rotatable bonds is 1. The maximum Gasteiger partial charge on any atom is 0.207 e. The Labute approximate surface area is 106 Å². The van der Waals surface area contributed by atoms with Gasteiger partial charge in [0.15, 0.2) is 0 Å². The van der Waals surface area contributed by atoms with Gasteiger partial charge in [-0.25, -0.2) is 0 Å². The summed E-state index contributed by atoms with van der Waals surface area (Å²) in [5.41, 5.74) is 0.910. The van der Waals surface area contributed by atoms with Crippen molar-refractivity contribution in [3.05, 3.63) is 43.8 Å². The second kappa shape index (κ2) is 4.26. The van der Waals surface area contributed by atoms with Crippen molar-refractivity contribution in [2.24, 2.45) is 0 Å². The standard InChI is InChI=1S/C12H9IN2O/c1-2-15-7-8(6-14)12(16)10-4-3-9(13)5-11(10)15/h3-5,7H,2H2,1H3. The van der Waals surface area contributed by atoms with Crippen molar-refractivity contribution in [2.45, 2.75) is 13.5 Å². The molecule has 0 saturated carbocycles. The highest BCUT2D eigenvalue weighted by atomic mass is 127. The van der Waals surface area contributed by atoms with Crippen molar-refractivity contribution in [3.63, 3.8) is 0 Å². The molecule has 1 aromatic carbocycles. The predicted octanol–water partition coefficient (Wildman–Crippen LogP) is 2.50. The lowest BCUT2D eigenvalue weighted by atomic mass is 10.1. The smallest absolute Gasteiger partial charge is 0.207 e. The number of aromatic nitrogens is 1. The third-order valence-electron chi connectivity index (χ3n) is 2.50. The van der Waals surface area contributed by atoms with Crippen LogP contribution in [-0.2, 0) is 6.54 Å². The monoisotopic (exact) mass is 324 g/mol. The number of fused-ring (bicyclic) bond motifs is 1. The van der Waals surface area contributed by atoms with E-state index in [9.17, 15) is 4.79 Å². The van der Waals surface area contributed by atoms with E-state index in [1.54, 1.807) is 12.3 Å². The fourth-order valence-corrected chi connectivity index (χ4v) is 2.18. The lowest BCUT2D eigenvalue weighted by molar-refractivity contribution is 0.785. The Bertz CT molecular complexity index is 652. The van der Waals surface area contributed by atoms with E-state index in [0.717, 1.165) is 15.6 Å². The molecule has 4 heteroatoms. The number of pyridine rings is 1. The molecule has 0 radical (unpaired) electrons. The Hall–Kier alpha value is -1.35. The van der Waals surface area contributed by atoms with Gasteiger partial charge < -0.3 is 4.57 Å². The van der Waals surface area contributed by atoms with Crippen LogP contribution in [0, 0.1) is 14.9 Å². The number of nitrogens with zero attached hydrogens (tertiary/aromatic N) is 2. The normalized spacial score (nSPS) is 10.3. The molecule has 80 valence electrons. The molecule has 0 bridgehead atoms. The van der Waals surface area contributed by atoms with Gasteiger partial charge in [0, 0.05) is 21.7 Å². The van der Waals surface area contributed by atoms with Crippen molar-refractivity contribution in [3.8, 4) is 6.07 Å². The fraction of sp³-hybridized carbons (Fsp3) is 0.167. The molecular weight excluding hydrogens is 315 g/mol. The Balaban J connectivity index is 2.98. The maximum atomic E-state index is 11.9. The Kier molecular flexibility index (Phi) is 2.97. The SMILES string of the molecule is CCn1cc(C#N)c(=O)c2ccc(I)cc21. The Morgan fingerprint density at radius 3 is 2.88 bits per heavy atom. The molecule has 1 heterocycles. The second-order valence-corrected chi connectivity index (χ2v) is 4.68. The van der Waals surface area contributed by atoms with Crippen molar-refractivity contribution >= 4 is 33.5 Å². The van der Waals surface area contributed by atoms with Gasteiger partial charge in [-0.2, -0.15) is 5.26 Å². The molecule has 0 aliphatic rings. The predicted molar refractivity (Wildman–Crippen MR) is 71.3 cm³/mol. The van der Waals surface area contributed by atoms with Gasteiger partial charge >= 0.3 is 0 Å². The molecule has 0 unspecified atom stereocenters. The summed E-state index contributed by atoms with van der Waals surface area (Å²) in [6.45, 7) is 2.73. The second-order valence-electron chi connectivity index (χ2n) is 3.43. The van der Waals surface area contributed by atoms with Crippen LogP contribution >= 0.6 is 22.6 Å². The van der Waals surface area contributed by atoms with Crippen LogP contribution in [0.4, 0.5) is 0 Å². The van der Waals surface area contributed by atoms with E-state index >= 15 is 0 Å². The molecule has 1 aromatic heterocycles. The molecule has 3 nitrogen and oxygen atoms in total. The molecule has 0 N–H and O–H groups in total. The third-order valence-corrected chi connectivity index (χ3v) is 3.18. The molecule has 0 saturated heterocycles. The van der Waals surface area contributed by atoms with Crippen molar-refractivity contribution in [2.75, 3.05) is 0 Å². The van der Waals surface area contributed by atoms with E-state index in [-0.39, 0.29) is 11.0 Å². The minimum Gasteiger partial charge on any atom is -0.346 e.